The normalized spacial score (nSPS) is 13.2. The van der Waals surface area contributed by atoms with Gasteiger partial charge in [0.15, 0.2) is 17.3 Å². The molecule has 0 aliphatic rings. The Bertz CT molecular complexity index is 1090. The highest BCUT2D eigenvalue weighted by Crippen LogP contribution is 2.32. The summed E-state index contributed by atoms with van der Waals surface area (Å²) in [4.78, 5) is 15.9. The van der Waals surface area contributed by atoms with E-state index in [1.165, 1.54) is 36.7 Å². The van der Waals surface area contributed by atoms with Gasteiger partial charge in [0.25, 0.3) is 0 Å². The highest BCUT2D eigenvalue weighted by Gasteiger charge is 2.37. The Hall–Kier alpha value is -2.99. The van der Waals surface area contributed by atoms with E-state index in [4.69, 9.17) is 0 Å². The molecule has 0 atom stereocenters. The molecule has 2 aromatic rings. The van der Waals surface area contributed by atoms with E-state index in [1.54, 1.807) is 12.2 Å². The molecule has 0 saturated carbocycles. The van der Waals surface area contributed by atoms with Crippen molar-refractivity contribution in [2.24, 2.45) is 4.99 Å². The topological polar surface area (TPSA) is 85.1 Å². The molecule has 1 amide bonds. The van der Waals surface area contributed by atoms with Crippen LogP contribution in [0.4, 0.5) is 19.0 Å². The molecular formula is C20H18BrF3N6OS. The number of nitrogens with one attached hydrogen (secondary N) is 1. The number of hydrogen-bond acceptors (Lipinski definition) is 6. The fourth-order valence-corrected chi connectivity index (χ4v) is 3.01. The molecule has 0 aromatic carbocycles. The number of anilines is 1. The number of aromatic nitrogens is 4. The number of alkyl halides is 3. The molecule has 0 spiro atoms. The van der Waals surface area contributed by atoms with Crippen molar-refractivity contribution in [3.63, 3.8) is 0 Å². The third-order valence-electron chi connectivity index (χ3n) is 3.58. The highest BCUT2D eigenvalue weighted by molar-refractivity contribution is 9.11. The van der Waals surface area contributed by atoms with E-state index >= 15 is 0 Å². The molecule has 168 valence electrons. The van der Waals surface area contributed by atoms with E-state index in [9.17, 15) is 18.0 Å². The quantitative estimate of drug-likeness (QED) is 0.229. The molecule has 12 heteroatoms. The highest BCUT2D eigenvalue weighted by atomic mass is 79.9. The molecule has 0 aliphatic heterocycles. The molecule has 0 saturated heterocycles. The summed E-state index contributed by atoms with van der Waals surface area (Å²) in [7, 11) is 1.44. The minimum atomic E-state index is -4.68. The molecule has 0 radical (unpaired) electrons. The average Bonchev–Trinajstić information content (AvgIpc) is 3.21. The van der Waals surface area contributed by atoms with Crippen molar-refractivity contribution < 1.29 is 18.0 Å². The molecule has 32 heavy (non-hydrogen) atoms. The van der Waals surface area contributed by atoms with Gasteiger partial charge in [0.1, 0.15) is 10.7 Å². The first kappa shape index (κ1) is 25.3. The zero-order valence-electron chi connectivity index (χ0n) is 17.0. The van der Waals surface area contributed by atoms with E-state index in [-0.39, 0.29) is 22.4 Å². The van der Waals surface area contributed by atoms with Crippen molar-refractivity contribution in [3.8, 4) is 5.82 Å². The van der Waals surface area contributed by atoms with Crippen molar-refractivity contribution in [1.29, 1.82) is 0 Å². The third-order valence-corrected chi connectivity index (χ3v) is 4.89. The first-order valence-electron chi connectivity index (χ1n) is 8.93. The lowest BCUT2D eigenvalue weighted by Crippen LogP contribution is -2.15. The minimum Gasteiger partial charge on any atom is -0.306 e. The van der Waals surface area contributed by atoms with E-state index in [0.717, 1.165) is 17.8 Å². The van der Waals surface area contributed by atoms with Gasteiger partial charge in [-0.3, -0.25) is 9.79 Å². The van der Waals surface area contributed by atoms with Gasteiger partial charge >= 0.3 is 6.18 Å². The van der Waals surface area contributed by atoms with Gasteiger partial charge in [0.05, 0.1) is 0 Å². The monoisotopic (exact) mass is 526 g/mol. The molecule has 2 heterocycles. The van der Waals surface area contributed by atoms with Crippen LogP contribution in [0.2, 0.25) is 0 Å². The SMILES string of the molecule is C=CSC(=NC)c1cc(C(F)(F)F)n(-c2ccc(NC(=O)/C=C/C(Br)=C\C=C/C)nn2)n1. The molecule has 0 bridgehead atoms. The zero-order chi connectivity index (χ0) is 23.7. The number of thioether (sulfide) groups is 1. The maximum atomic E-state index is 13.5. The molecule has 7 nitrogen and oxygen atoms in total. The molecule has 0 fully saturated rings. The van der Waals surface area contributed by atoms with Crippen LogP contribution in [-0.4, -0.2) is 38.0 Å². The molecular weight excluding hydrogens is 509 g/mol. The van der Waals surface area contributed by atoms with Crippen molar-refractivity contribution >= 4 is 44.5 Å². The maximum Gasteiger partial charge on any atom is 0.433 e. The first-order chi connectivity index (χ1) is 15.2. The fourth-order valence-electron chi connectivity index (χ4n) is 2.24. The van der Waals surface area contributed by atoms with Crippen molar-refractivity contribution in [3.05, 3.63) is 76.4 Å². The molecule has 0 aliphatic carbocycles. The van der Waals surface area contributed by atoms with Gasteiger partial charge < -0.3 is 5.32 Å². The number of carbonyl (C=O) groups is 1. The van der Waals surface area contributed by atoms with Crippen LogP contribution in [-0.2, 0) is 11.0 Å². The number of hydrogen-bond donors (Lipinski definition) is 1. The van der Waals surface area contributed by atoms with Crippen LogP contribution < -0.4 is 5.32 Å². The Balaban J connectivity index is 2.27. The number of halogens is 4. The summed E-state index contributed by atoms with van der Waals surface area (Å²) in [6, 6.07) is 3.47. The third kappa shape index (κ3) is 7.02. The summed E-state index contributed by atoms with van der Waals surface area (Å²) < 4.78 is 41.9. The number of rotatable bonds is 7. The number of aliphatic imine (C=N–C) groups is 1. The van der Waals surface area contributed by atoms with E-state index < -0.39 is 17.8 Å². The second kappa shape index (κ2) is 11.6. The predicted molar refractivity (Wildman–Crippen MR) is 124 cm³/mol. The second-order valence-electron chi connectivity index (χ2n) is 5.81. The van der Waals surface area contributed by atoms with Crippen LogP contribution in [0.1, 0.15) is 18.3 Å². The van der Waals surface area contributed by atoms with Crippen LogP contribution in [0.25, 0.3) is 5.82 Å². The number of amides is 1. The van der Waals surface area contributed by atoms with Crippen molar-refractivity contribution in [1.82, 2.24) is 20.0 Å². The van der Waals surface area contributed by atoms with Gasteiger partial charge in [-0.05, 0) is 42.7 Å². The number of carbonyl (C=O) groups excluding carboxylic acids is 1. The lowest BCUT2D eigenvalue weighted by atomic mass is 10.3. The van der Waals surface area contributed by atoms with Crippen molar-refractivity contribution in [2.75, 3.05) is 12.4 Å². The standard InChI is InChI=1S/C20H18BrF3N6OS/c1-4-6-7-13(21)8-11-18(31)26-16-9-10-17(28-27-16)30-15(20(22,23)24)12-14(29-30)19(25-3)32-5-2/h4-12H,2H2,1,3H3,(H,26,27,31)/b6-4-,11-8+,13-7+,25-19?. The lowest BCUT2D eigenvalue weighted by molar-refractivity contribution is -0.142. The van der Waals surface area contributed by atoms with Crippen LogP contribution in [0.5, 0.6) is 0 Å². The smallest absolute Gasteiger partial charge is 0.306 e. The second-order valence-corrected chi connectivity index (χ2v) is 7.69. The average molecular weight is 527 g/mol. The Morgan fingerprint density at radius 1 is 1.31 bits per heavy atom. The van der Waals surface area contributed by atoms with E-state index in [2.05, 4.69) is 48.1 Å². The lowest BCUT2D eigenvalue weighted by Gasteiger charge is -2.09. The Kier molecular flexibility index (Phi) is 9.14. The minimum absolute atomic E-state index is 0.0191. The molecule has 2 rings (SSSR count). The van der Waals surface area contributed by atoms with Gasteiger partial charge in [0, 0.05) is 17.6 Å². The van der Waals surface area contributed by atoms with Gasteiger partial charge in [-0.15, -0.1) is 10.2 Å². The Morgan fingerprint density at radius 3 is 2.62 bits per heavy atom. The predicted octanol–water partition coefficient (Wildman–Crippen LogP) is 5.28. The molecule has 0 unspecified atom stereocenters. The summed E-state index contributed by atoms with van der Waals surface area (Å²) in [6.07, 6.45) is 3.48. The van der Waals surface area contributed by atoms with Gasteiger partial charge in [-0.25, -0.2) is 4.68 Å². The Labute approximate surface area is 195 Å². The van der Waals surface area contributed by atoms with Crippen LogP contribution in [0.3, 0.4) is 0 Å². The first-order valence-corrected chi connectivity index (χ1v) is 10.6. The van der Waals surface area contributed by atoms with Crippen LogP contribution >= 0.6 is 27.7 Å². The van der Waals surface area contributed by atoms with Crippen molar-refractivity contribution in [2.45, 2.75) is 13.1 Å². The van der Waals surface area contributed by atoms with Gasteiger partial charge in [-0.2, -0.15) is 18.3 Å². The summed E-state index contributed by atoms with van der Waals surface area (Å²) >= 11 is 4.32. The zero-order valence-corrected chi connectivity index (χ0v) is 19.4. The fraction of sp³-hybridized carbons (Fsp3) is 0.150. The molecule has 2 aromatic heterocycles. The molecule has 1 N–H and O–H groups in total. The largest absolute Gasteiger partial charge is 0.433 e. The van der Waals surface area contributed by atoms with E-state index in [1.807, 2.05) is 13.0 Å². The summed E-state index contributed by atoms with van der Waals surface area (Å²) in [5, 5.41) is 15.7. The summed E-state index contributed by atoms with van der Waals surface area (Å²) in [5.41, 5.74) is -1.02. The summed E-state index contributed by atoms with van der Waals surface area (Å²) in [5.74, 6) is -0.593. The number of nitrogens with zero attached hydrogens (tertiary/aromatic N) is 5. The van der Waals surface area contributed by atoms with Crippen LogP contribution in [0, 0.1) is 0 Å². The number of allylic oxidation sites excluding steroid dienone is 5. The maximum absolute atomic E-state index is 13.5. The van der Waals surface area contributed by atoms with E-state index in [0.29, 0.717) is 9.16 Å². The summed E-state index contributed by atoms with van der Waals surface area (Å²) in [6.45, 7) is 5.39. The van der Waals surface area contributed by atoms with Gasteiger partial charge in [0.2, 0.25) is 5.91 Å². The Morgan fingerprint density at radius 2 is 2.06 bits per heavy atom. The van der Waals surface area contributed by atoms with Gasteiger partial charge in [-0.1, -0.05) is 46.4 Å². The van der Waals surface area contributed by atoms with Crippen LogP contribution in [0.15, 0.2) is 70.0 Å².